The molecule has 0 aliphatic heterocycles. The van der Waals surface area contributed by atoms with Crippen LogP contribution < -0.4 is 21.3 Å². The number of nitrogens with zero attached hydrogens (tertiary/aromatic N) is 4. The molecule has 4 N–H and O–H groups in total. The van der Waals surface area contributed by atoms with E-state index in [0.717, 1.165) is 43.0 Å². The number of nitrogens with two attached hydrogens (primary N) is 1. The Bertz CT molecular complexity index is 1130. The number of anilines is 3. The highest BCUT2D eigenvalue weighted by molar-refractivity contribution is 7.08. The summed E-state index contributed by atoms with van der Waals surface area (Å²) in [7, 11) is 2.13. The Hall–Kier alpha value is -2.97. The molecule has 2 aliphatic rings. The molecule has 0 saturated heterocycles. The molecule has 0 bridgehead atoms. The van der Waals surface area contributed by atoms with Gasteiger partial charge in [0.25, 0.3) is 0 Å². The Kier molecular flexibility index (Phi) is 7.82. The van der Waals surface area contributed by atoms with Gasteiger partial charge in [-0.2, -0.15) is 21.3 Å². The molecule has 2 fully saturated rings. The number of thiophene rings is 1. The van der Waals surface area contributed by atoms with E-state index in [2.05, 4.69) is 75.4 Å². The normalized spacial score (nSPS) is 20.3. The topological polar surface area (TPSA) is 91.5 Å². The molecular formula is C28H37N7S. The zero-order valence-corrected chi connectivity index (χ0v) is 21.9. The van der Waals surface area contributed by atoms with Crippen molar-refractivity contribution in [2.24, 2.45) is 10.7 Å². The molecule has 1 aromatic carbocycles. The number of nitrogens with one attached hydrogen (secondary N) is 2. The van der Waals surface area contributed by atoms with Crippen LogP contribution in [0.4, 0.5) is 23.3 Å². The van der Waals surface area contributed by atoms with Crippen molar-refractivity contribution in [1.82, 2.24) is 9.97 Å². The number of hydrogen-bond acceptors (Lipinski definition) is 8. The van der Waals surface area contributed by atoms with Crippen LogP contribution in [0.3, 0.4) is 0 Å². The largest absolute Gasteiger partial charge is 0.364 e. The number of rotatable bonds is 9. The smallest absolute Gasteiger partial charge is 0.226 e. The van der Waals surface area contributed by atoms with Crippen LogP contribution in [0.2, 0.25) is 0 Å². The molecule has 5 rings (SSSR count). The van der Waals surface area contributed by atoms with E-state index in [4.69, 9.17) is 15.7 Å². The van der Waals surface area contributed by atoms with E-state index >= 15 is 0 Å². The van der Waals surface area contributed by atoms with Gasteiger partial charge < -0.3 is 21.3 Å². The van der Waals surface area contributed by atoms with E-state index in [0.29, 0.717) is 30.6 Å². The minimum atomic E-state index is 0.309. The van der Waals surface area contributed by atoms with Gasteiger partial charge in [0, 0.05) is 31.7 Å². The summed E-state index contributed by atoms with van der Waals surface area (Å²) in [6.07, 6.45) is 9.03. The lowest BCUT2D eigenvalue weighted by Crippen LogP contribution is -2.34. The van der Waals surface area contributed by atoms with Crippen molar-refractivity contribution in [3.8, 4) is 11.1 Å². The monoisotopic (exact) mass is 503 g/mol. The highest BCUT2D eigenvalue weighted by atomic mass is 32.1. The van der Waals surface area contributed by atoms with E-state index < -0.39 is 0 Å². The third-order valence-electron chi connectivity index (χ3n) is 7.60. The number of aliphatic imine (C=N–C) groups is 1. The third-order valence-corrected chi connectivity index (χ3v) is 8.29. The van der Waals surface area contributed by atoms with Gasteiger partial charge in [0.05, 0.1) is 0 Å². The van der Waals surface area contributed by atoms with Gasteiger partial charge in [0.1, 0.15) is 5.69 Å². The summed E-state index contributed by atoms with van der Waals surface area (Å²) < 4.78 is 0. The Labute approximate surface area is 218 Å². The Morgan fingerprint density at radius 3 is 2.44 bits per heavy atom. The van der Waals surface area contributed by atoms with E-state index in [-0.39, 0.29) is 0 Å². The molecule has 2 heterocycles. The zero-order valence-electron chi connectivity index (χ0n) is 21.1. The second-order valence-corrected chi connectivity index (χ2v) is 10.9. The summed E-state index contributed by atoms with van der Waals surface area (Å²) in [6.45, 7) is 4.53. The fraction of sp³-hybridized carbons (Fsp3) is 0.464. The molecule has 2 saturated carbocycles. The van der Waals surface area contributed by atoms with Crippen molar-refractivity contribution in [3.05, 3.63) is 46.7 Å². The minimum absolute atomic E-state index is 0.309. The molecule has 0 unspecified atom stereocenters. The van der Waals surface area contributed by atoms with Crippen molar-refractivity contribution in [3.63, 3.8) is 0 Å². The van der Waals surface area contributed by atoms with Crippen molar-refractivity contribution < 1.29 is 0 Å². The lowest BCUT2D eigenvalue weighted by atomic mass is 9.92. The summed E-state index contributed by atoms with van der Waals surface area (Å²) >= 11 is 1.72. The van der Waals surface area contributed by atoms with Gasteiger partial charge in [-0.15, -0.1) is 0 Å². The van der Waals surface area contributed by atoms with Gasteiger partial charge in [0.2, 0.25) is 5.95 Å². The summed E-state index contributed by atoms with van der Waals surface area (Å²) in [5.74, 6) is 2.21. The Balaban J connectivity index is 1.38. The van der Waals surface area contributed by atoms with Gasteiger partial charge in [-0.05, 0) is 78.8 Å². The van der Waals surface area contributed by atoms with E-state index in [1.807, 2.05) is 0 Å². The average Bonchev–Trinajstić information content (AvgIpc) is 3.63. The summed E-state index contributed by atoms with van der Waals surface area (Å²) in [6, 6.07) is 11.9. The fourth-order valence-electron chi connectivity index (χ4n) is 5.36. The highest BCUT2D eigenvalue weighted by Gasteiger charge is 2.26. The molecule has 36 heavy (non-hydrogen) atoms. The van der Waals surface area contributed by atoms with Crippen molar-refractivity contribution in [1.29, 1.82) is 0 Å². The predicted octanol–water partition coefficient (Wildman–Crippen LogP) is 6.21. The lowest BCUT2D eigenvalue weighted by molar-refractivity contribution is 0.410. The van der Waals surface area contributed by atoms with Crippen LogP contribution >= 0.6 is 11.3 Å². The van der Waals surface area contributed by atoms with Crippen LogP contribution in [0.25, 0.3) is 11.1 Å². The molecule has 0 radical (unpaired) electrons. The molecule has 0 amide bonds. The van der Waals surface area contributed by atoms with Crippen LogP contribution in [0.1, 0.15) is 56.9 Å². The molecular weight excluding hydrogens is 466 g/mol. The van der Waals surface area contributed by atoms with Crippen molar-refractivity contribution in [2.45, 2.75) is 76.0 Å². The molecule has 8 heteroatoms. The van der Waals surface area contributed by atoms with Crippen LogP contribution in [-0.2, 0) is 6.54 Å². The van der Waals surface area contributed by atoms with Crippen molar-refractivity contribution in [2.75, 3.05) is 22.6 Å². The quantitative estimate of drug-likeness (QED) is 0.301. The standard InChI is InChI=1S/C28H37N7S/c1-30-25-26(31-17-19-7-9-20(10-8-19)21-15-16-36-18-21)33-28(32-23-13-11-22(29)12-14-23)34-27(25)35(2)24-5-3-4-6-24/h7-10,15-16,18,22-24H,1,3-6,11-14,17,29H2,2H3,(H2,31,32,33,34). The maximum Gasteiger partial charge on any atom is 0.226 e. The van der Waals surface area contributed by atoms with Gasteiger partial charge in [-0.1, -0.05) is 37.1 Å². The molecule has 2 aliphatic carbocycles. The van der Waals surface area contributed by atoms with E-state index in [1.165, 1.54) is 42.4 Å². The maximum absolute atomic E-state index is 6.12. The molecule has 7 nitrogen and oxygen atoms in total. The summed E-state index contributed by atoms with van der Waals surface area (Å²) in [4.78, 5) is 16.5. The van der Waals surface area contributed by atoms with Gasteiger partial charge in [0.15, 0.2) is 11.6 Å². The fourth-order valence-corrected chi connectivity index (χ4v) is 6.03. The number of hydrogen-bond donors (Lipinski definition) is 3. The zero-order chi connectivity index (χ0) is 24.9. The van der Waals surface area contributed by atoms with Gasteiger partial charge in [-0.3, -0.25) is 4.99 Å². The molecule has 2 aromatic heterocycles. The van der Waals surface area contributed by atoms with Crippen LogP contribution in [0.5, 0.6) is 0 Å². The second kappa shape index (κ2) is 11.4. The predicted molar refractivity (Wildman–Crippen MR) is 153 cm³/mol. The van der Waals surface area contributed by atoms with Gasteiger partial charge >= 0.3 is 0 Å². The lowest BCUT2D eigenvalue weighted by Gasteiger charge is -2.29. The van der Waals surface area contributed by atoms with Crippen molar-refractivity contribution >= 4 is 41.3 Å². The summed E-state index contributed by atoms with van der Waals surface area (Å²) in [5, 5.41) is 11.4. The van der Waals surface area contributed by atoms with Gasteiger partial charge in [-0.25, -0.2) is 0 Å². The number of aromatic nitrogens is 2. The average molecular weight is 504 g/mol. The first-order chi connectivity index (χ1) is 17.6. The molecule has 190 valence electrons. The maximum atomic E-state index is 6.12. The first-order valence-corrected chi connectivity index (χ1v) is 14.0. The summed E-state index contributed by atoms with van der Waals surface area (Å²) in [5.41, 5.74) is 10.5. The SMILES string of the molecule is C=Nc1c(NCc2ccc(-c3ccsc3)cc2)nc(NC2CCC(N)CC2)nc1N(C)C1CCCC1. The van der Waals surface area contributed by atoms with Crippen LogP contribution in [0, 0.1) is 0 Å². The number of benzene rings is 1. The van der Waals surface area contributed by atoms with Crippen LogP contribution in [-0.4, -0.2) is 41.9 Å². The Morgan fingerprint density at radius 1 is 1.03 bits per heavy atom. The first kappa shape index (κ1) is 24.7. The third kappa shape index (κ3) is 5.71. The molecule has 3 aromatic rings. The molecule has 0 atom stereocenters. The minimum Gasteiger partial charge on any atom is -0.364 e. The first-order valence-electron chi connectivity index (χ1n) is 13.1. The Morgan fingerprint density at radius 2 is 1.78 bits per heavy atom. The highest BCUT2D eigenvalue weighted by Crippen LogP contribution is 2.38. The second-order valence-electron chi connectivity index (χ2n) is 10.1. The van der Waals surface area contributed by atoms with E-state index in [9.17, 15) is 0 Å². The van der Waals surface area contributed by atoms with Crippen LogP contribution in [0.15, 0.2) is 46.1 Å². The van der Waals surface area contributed by atoms with E-state index in [1.54, 1.807) is 11.3 Å². The molecule has 0 spiro atoms.